The molecule has 0 saturated heterocycles. The summed E-state index contributed by atoms with van der Waals surface area (Å²) in [5, 5.41) is 13.6. The Hall–Kier alpha value is -7.02. The quantitative estimate of drug-likeness (QED) is 0.156. The molecule has 0 aromatic heterocycles. The van der Waals surface area contributed by atoms with Crippen molar-refractivity contribution in [1.82, 2.24) is 0 Å². The summed E-state index contributed by atoms with van der Waals surface area (Å²) in [6.07, 6.45) is 10.4. The molecule has 0 aliphatic heterocycles. The van der Waals surface area contributed by atoms with E-state index < -0.39 is 0 Å². The summed E-state index contributed by atoms with van der Waals surface area (Å²) in [5.41, 5.74) is 20.1. The van der Waals surface area contributed by atoms with Crippen molar-refractivity contribution in [1.29, 1.82) is 0 Å². The monoisotopic (exact) mass is 788 g/mol. The molecule has 0 N–H and O–H groups in total. The number of benzene rings is 10. The zero-order valence-corrected chi connectivity index (χ0v) is 35.5. The van der Waals surface area contributed by atoms with Crippen LogP contribution in [0.15, 0.2) is 164 Å². The second-order valence-electron chi connectivity index (χ2n) is 19.6. The Morgan fingerprint density at radius 2 is 0.855 bits per heavy atom. The van der Waals surface area contributed by atoms with Crippen LogP contribution in [0.4, 0.5) is 0 Å². The molecule has 10 aromatic rings. The molecule has 0 nitrogen and oxygen atoms in total. The maximum atomic E-state index is 2.49. The van der Waals surface area contributed by atoms with Crippen LogP contribution in [0.3, 0.4) is 0 Å². The van der Waals surface area contributed by atoms with Crippen molar-refractivity contribution in [2.75, 3.05) is 0 Å². The Balaban J connectivity index is 0.824. The summed E-state index contributed by atoms with van der Waals surface area (Å²) in [4.78, 5) is 0. The van der Waals surface area contributed by atoms with Crippen molar-refractivity contribution in [3.05, 3.63) is 202 Å². The highest BCUT2D eigenvalue weighted by Gasteiger charge is 2.38. The molecule has 0 heteroatoms. The van der Waals surface area contributed by atoms with Crippen molar-refractivity contribution >= 4 is 55.2 Å². The van der Waals surface area contributed by atoms with Crippen molar-refractivity contribution < 1.29 is 0 Å². The Labute approximate surface area is 362 Å². The summed E-state index contributed by atoms with van der Waals surface area (Å²) in [5.74, 6) is 0.473. The van der Waals surface area contributed by atoms with Crippen LogP contribution in [0.25, 0.3) is 111 Å². The summed E-state index contributed by atoms with van der Waals surface area (Å²) in [6.45, 7) is 9.67. The van der Waals surface area contributed by atoms with E-state index in [0.29, 0.717) is 5.92 Å². The van der Waals surface area contributed by atoms with E-state index in [1.807, 2.05) is 0 Å². The first kappa shape index (κ1) is 34.7. The molecule has 0 fully saturated rings. The summed E-state index contributed by atoms with van der Waals surface area (Å²) < 4.78 is 0. The highest BCUT2D eigenvalue weighted by molar-refractivity contribution is 6.25. The van der Waals surface area contributed by atoms with Crippen LogP contribution in [-0.4, -0.2) is 0 Å². The van der Waals surface area contributed by atoms with Crippen LogP contribution in [0.1, 0.15) is 67.9 Å². The Morgan fingerprint density at radius 3 is 1.47 bits per heavy atom. The second kappa shape index (κ2) is 11.9. The highest BCUT2D eigenvalue weighted by atomic mass is 14.4. The number of hydrogen-bond acceptors (Lipinski definition) is 0. The molecule has 62 heavy (non-hydrogen) atoms. The van der Waals surface area contributed by atoms with Gasteiger partial charge in [-0.15, -0.1) is 0 Å². The molecule has 0 spiro atoms. The molecule has 10 aromatic carbocycles. The largest absolute Gasteiger partial charge is 0.0766 e. The van der Waals surface area contributed by atoms with Crippen LogP contribution < -0.4 is 10.4 Å². The van der Waals surface area contributed by atoms with Gasteiger partial charge in [-0.25, -0.2) is 0 Å². The first-order valence-electron chi connectivity index (χ1n) is 22.4. The second-order valence-corrected chi connectivity index (χ2v) is 19.6. The summed E-state index contributed by atoms with van der Waals surface area (Å²) in [6, 6.07) is 58.8. The fourth-order valence-electron chi connectivity index (χ4n) is 12.5. The van der Waals surface area contributed by atoms with E-state index in [-0.39, 0.29) is 10.8 Å². The Bertz CT molecular complexity index is 3810. The molecule has 0 radical (unpaired) electrons. The van der Waals surface area contributed by atoms with Gasteiger partial charge in [0.25, 0.3) is 0 Å². The van der Waals surface area contributed by atoms with Gasteiger partial charge in [0, 0.05) is 16.7 Å². The molecular formula is C62H44. The van der Waals surface area contributed by atoms with Gasteiger partial charge >= 0.3 is 0 Å². The van der Waals surface area contributed by atoms with E-state index >= 15 is 0 Å². The minimum atomic E-state index is -0.142. The lowest BCUT2D eigenvalue weighted by Crippen LogP contribution is -2.23. The molecule has 0 saturated carbocycles. The zero-order valence-electron chi connectivity index (χ0n) is 35.5. The highest BCUT2D eigenvalue weighted by Crippen LogP contribution is 2.54. The van der Waals surface area contributed by atoms with Gasteiger partial charge in [0.2, 0.25) is 0 Å². The Morgan fingerprint density at radius 1 is 0.403 bits per heavy atom. The van der Waals surface area contributed by atoms with Crippen molar-refractivity contribution in [2.24, 2.45) is 0 Å². The molecule has 292 valence electrons. The van der Waals surface area contributed by atoms with E-state index in [2.05, 4.69) is 204 Å². The smallest absolute Gasteiger partial charge is 0.0159 e. The van der Waals surface area contributed by atoms with Gasteiger partial charge in [0.1, 0.15) is 0 Å². The van der Waals surface area contributed by atoms with Gasteiger partial charge < -0.3 is 0 Å². The molecule has 0 amide bonds. The normalized spacial score (nSPS) is 16.9. The van der Waals surface area contributed by atoms with Crippen LogP contribution in [-0.2, 0) is 10.8 Å². The van der Waals surface area contributed by atoms with Crippen molar-refractivity contribution in [2.45, 2.75) is 50.9 Å². The molecule has 0 heterocycles. The molecule has 1 atom stereocenters. The van der Waals surface area contributed by atoms with Gasteiger partial charge in [0.15, 0.2) is 0 Å². The van der Waals surface area contributed by atoms with E-state index in [1.54, 1.807) is 0 Å². The predicted molar refractivity (Wildman–Crippen MR) is 264 cm³/mol. The molecule has 4 aliphatic carbocycles. The van der Waals surface area contributed by atoms with Crippen LogP contribution in [0.2, 0.25) is 0 Å². The molecule has 14 rings (SSSR count). The lowest BCUT2D eigenvalue weighted by atomic mass is 9.79. The van der Waals surface area contributed by atoms with Gasteiger partial charge in [-0.2, -0.15) is 0 Å². The van der Waals surface area contributed by atoms with Crippen LogP contribution in [0, 0.1) is 0 Å². The fraction of sp³-hybridized carbons (Fsp3) is 0.129. The molecule has 1 unspecified atom stereocenters. The lowest BCUT2D eigenvalue weighted by molar-refractivity contribution is 0.660. The predicted octanol–water partition coefficient (Wildman–Crippen LogP) is 15.0. The summed E-state index contributed by atoms with van der Waals surface area (Å²) in [7, 11) is 0. The maximum absolute atomic E-state index is 2.49. The van der Waals surface area contributed by atoms with Crippen molar-refractivity contribution in [3.63, 3.8) is 0 Å². The fourth-order valence-corrected chi connectivity index (χ4v) is 12.5. The van der Waals surface area contributed by atoms with Crippen LogP contribution in [0.5, 0.6) is 0 Å². The van der Waals surface area contributed by atoms with Crippen LogP contribution >= 0.6 is 0 Å². The molecule has 0 bridgehead atoms. The standard InChI is InChI=1S/C62H44/c1-61(2)53-31-41(19-25-47(53)49-27-21-43(33-55(49)61)45-23-15-39-13-11-35-7-5-9-37-17-29-51(45)59(39)57(35)37)42-20-26-48-50-28-22-44(34-56(50)62(3,4)54(48)32-42)46-24-16-40-14-12-36-8-6-10-38-18-30-52(46)60(40)58(36)38/h5-11,13-34,36H,12H2,1-4H3. The minimum Gasteiger partial charge on any atom is -0.0766 e. The first-order chi connectivity index (χ1) is 30.2. The van der Waals surface area contributed by atoms with Gasteiger partial charge in [-0.1, -0.05) is 179 Å². The van der Waals surface area contributed by atoms with Gasteiger partial charge in [-0.05, 0) is 168 Å². The third-order valence-electron chi connectivity index (χ3n) is 15.7. The van der Waals surface area contributed by atoms with E-state index in [4.69, 9.17) is 0 Å². The SMILES string of the molecule is CC1(C)c2cc(-c3ccc4c(c3)C(C)(C)c3cc(-c5ccc6ccc7cccc8ccc5c6c78)ccc3-4)ccc2-c2ccc(-c3ccc4c5c6c(ccc35)=CC=CC6CC=4)cc21. The number of rotatable bonds is 3. The molecule has 4 aliphatic rings. The number of allylic oxidation sites excluding steroid dienone is 2. The topological polar surface area (TPSA) is 0 Å². The van der Waals surface area contributed by atoms with Gasteiger partial charge in [-0.3, -0.25) is 0 Å². The van der Waals surface area contributed by atoms with E-state index in [1.165, 1.54) is 137 Å². The third-order valence-corrected chi connectivity index (χ3v) is 15.7. The van der Waals surface area contributed by atoms with Crippen molar-refractivity contribution in [3.8, 4) is 55.6 Å². The summed E-state index contributed by atoms with van der Waals surface area (Å²) >= 11 is 0. The average Bonchev–Trinajstić information content (AvgIpc) is 3.67. The number of hydrogen-bond donors (Lipinski definition) is 0. The molecular weight excluding hydrogens is 745 g/mol. The third kappa shape index (κ3) is 4.47. The first-order valence-corrected chi connectivity index (χ1v) is 22.4. The lowest BCUT2D eigenvalue weighted by Gasteiger charge is -2.24. The maximum Gasteiger partial charge on any atom is 0.0159 e. The average molecular weight is 789 g/mol. The number of fused-ring (bicyclic) bond motifs is 6. The minimum absolute atomic E-state index is 0.135. The van der Waals surface area contributed by atoms with Gasteiger partial charge in [0.05, 0.1) is 0 Å². The van der Waals surface area contributed by atoms with E-state index in [0.717, 1.165) is 6.42 Å². The van der Waals surface area contributed by atoms with E-state index in [9.17, 15) is 0 Å². The Kier molecular flexibility index (Phi) is 6.64. The zero-order chi connectivity index (χ0) is 41.2.